The molecule has 1 heterocycles. The SMILES string of the molecule is CO[Si]1(OC)C[Si](OC)(OC)C1. The van der Waals surface area contributed by atoms with E-state index in [2.05, 4.69) is 0 Å². The van der Waals surface area contributed by atoms with E-state index in [1.165, 1.54) is 0 Å². The van der Waals surface area contributed by atoms with Gasteiger partial charge in [-0.15, -0.1) is 0 Å². The quantitative estimate of drug-likeness (QED) is 0.632. The second kappa shape index (κ2) is 3.56. The molecule has 0 radical (unpaired) electrons. The van der Waals surface area contributed by atoms with Crippen LogP contribution in [-0.2, 0) is 17.7 Å². The summed E-state index contributed by atoms with van der Waals surface area (Å²) in [4.78, 5) is 0. The Bertz CT molecular complexity index is 130. The minimum atomic E-state index is -1.86. The zero-order valence-corrected chi connectivity index (χ0v) is 10.0. The first-order chi connectivity index (χ1) is 5.66. The number of hydrogen-bond donors (Lipinski definition) is 0. The smallest absolute Gasteiger partial charge is 0.341 e. The Labute approximate surface area is 75.3 Å². The first-order valence-corrected chi connectivity index (χ1v) is 8.33. The van der Waals surface area contributed by atoms with Crippen molar-refractivity contribution in [3.05, 3.63) is 0 Å². The van der Waals surface area contributed by atoms with Gasteiger partial charge in [0.25, 0.3) is 0 Å². The Balaban J connectivity index is 2.52. The number of rotatable bonds is 4. The predicted molar refractivity (Wildman–Crippen MR) is 49.2 cm³/mol. The highest BCUT2D eigenvalue weighted by Crippen LogP contribution is 2.41. The largest absolute Gasteiger partial charge is 0.398 e. The topological polar surface area (TPSA) is 36.9 Å². The van der Waals surface area contributed by atoms with Gasteiger partial charge in [0.15, 0.2) is 0 Å². The standard InChI is InChI=1S/C6H16O4Si2/c1-7-11(8-2)5-12(6-11,9-3)10-4/h5-6H2,1-4H3. The molecule has 12 heavy (non-hydrogen) atoms. The van der Waals surface area contributed by atoms with Crippen LogP contribution in [0, 0.1) is 0 Å². The monoisotopic (exact) mass is 208 g/mol. The predicted octanol–water partition coefficient (Wildman–Crippen LogP) is 0.548. The van der Waals surface area contributed by atoms with Crippen LogP contribution in [0.2, 0.25) is 11.3 Å². The molecule has 4 nitrogen and oxygen atoms in total. The Kier molecular flexibility index (Phi) is 3.08. The second-order valence-electron chi connectivity index (χ2n) is 2.99. The highest BCUT2D eigenvalue weighted by Gasteiger charge is 2.64. The molecule has 1 fully saturated rings. The molecule has 0 unspecified atom stereocenters. The van der Waals surface area contributed by atoms with Gasteiger partial charge in [0.2, 0.25) is 0 Å². The van der Waals surface area contributed by atoms with Crippen LogP contribution in [0.15, 0.2) is 0 Å². The maximum Gasteiger partial charge on any atom is 0.341 e. The molecule has 0 amide bonds. The van der Waals surface area contributed by atoms with Crippen molar-refractivity contribution in [1.82, 2.24) is 0 Å². The third-order valence-electron chi connectivity index (χ3n) is 2.57. The lowest BCUT2D eigenvalue weighted by molar-refractivity contribution is 0.192. The molecule has 0 atom stereocenters. The fourth-order valence-corrected chi connectivity index (χ4v) is 12.6. The molecule has 0 bridgehead atoms. The van der Waals surface area contributed by atoms with Gasteiger partial charge in [0, 0.05) is 39.8 Å². The van der Waals surface area contributed by atoms with Crippen molar-refractivity contribution in [1.29, 1.82) is 0 Å². The van der Waals surface area contributed by atoms with Gasteiger partial charge in [-0.25, -0.2) is 0 Å². The van der Waals surface area contributed by atoms with Gasteiger partial charge in [-0.1, -0.05) is 0 Å². The van der Waals surface area contributed by atoms with Crippen molar-refractivity contribution in [2.75, 3.05) is 28.4 Å². The summed E-state index contributed by atoms with van der Waals surface area (Å²) in [6, 6.07) is 0. The van der Waals surface area contributed by atoms with E-state index >= 15 is 0 Å². The molecule has 0 aliphatic carbocycles. The van der Waals surface area contributed by atoms with Gasteiger partial charge in [0.05, 0.1) is 0 Å². The summed E-state index contributed by atoms with van der Waals surface area (Å²) in [5.41, 5.74) is 1.78. The summed E-state index contributed by atoms with van der Waals surface area (Å²) in [7, 11) is 3.12. The first-order valence-electron chi connectivity index (χ1n) is 3.86. The van der Waals surface area contributed by atoms with Gasteiger partial charge >= 0.3 is 17.1 Å². The van der Waals surface area contributed by atoms with Crippen molar-refractivity contribution in [3.8, 4) is 0 Å². The van der Waals surface area contributed by atoms with Crippen LogP contribution >= 0.6 is 0 Å². The van der Waals surface area contributed by atoms with Crippen molar-refractivity contribution < 1.29 is 17.7 Å². The Morgan fingerprint density at radius 2 is 0.917 bits per heavy atom. The van der Waals surface area contributed by atoms with Crippen LogP contribution in [0.25, 0.3) is 0 Å². The summed E-state index contributed by atoms with van der Waals surface area (Å²) in [5, 5.41) is 0. The van der Waals surface area contributed by atoms with E-state index in [-0.39, 0.29) is 0 Å². The van der Waals surface area contributed by atoms with E-state index in [0.717, 1.165) is 11.3 Å². The molecule has 1 saturated heterocycles. The molecular weight excluding hydrogens is 192 g/mol. The van der Waals surface area contributed by atoms with Crippen molar-refractivity contribution in [3.63, 3.8) is 0 Å². The molecule has 72 valence electrons. The Morgan fingerprint density at radius 3 is 1.08 bits per heavy atom. The summed E-state index contributed by atoms with van der Waals surface area (Å²) < 4.78 is 21.5. The van der Waals surface area contributed by atoms with Crippen LogP contribution in [0.4, 0.5) is 0 Å². The van der Waals surface area contributed by atoms with E-state index in [4.69, 9.17) is 17.7 Å². The molecule has 0 aromatic rings. The van der Waals surface area contributed by atoms with Crippen molar-refractivity contribution in [2.45, 2.75) is 11.3 Å². The Hall–Kier alpha value is 0.274. The van der Waals surface area contributed by atoms with Crippen LogP contribution in [0.5, 0.6) is 0 Å². The zero-order valence-electron chi connectivity index (χ0n) is 8.05. The maximum atomic E-state index is 5.37. The molecular formula is C6H16O4Si2. The van der Waals surface area contributed by atoms with Gasteiger partial charge in [-0.05, 0) is 0 Å². The first kappa shape index (κ1) is 10.4. The molecule has 0 spiro atoms. The van der Waals surface area contributed by atoms with Gasteiger partial charge < -0.3 is 17.7 Å². The van der Waals surface area contributed by atoms with E-state index in [9.17, 15) is 0 Å². The number of hydrogen-bond acceptors (Lipinski definition) is 4. The molecule has 1 aliphatic rings. The summed E-state index contributed by atoms with van der Waals surface area (Å²) in [5.74, 6) is 0. The summed E-state index contributed by atoms with van der Waals surface area (Å²) in [6.45, 7) is 0. The highest BCUT2D eigenvalue weighted by molar-refractivity contribution is 7.03. The van der Waals surface area contributed by atoms with E-state index < -0.39 is 17.1 Å². The van der Waals surface area contributed by atoms with Gasteiger partial charge in [-0.2, -0.15) is 0 Å². The fraction of sp³-hybridized carbons (Fsp3) is 1.00. The average molecular weight is 208 g/mol. The van der Waals surface area contributed by atoms with Crippen molar-refractivity contribution in [2.24, 2.45) is 0 Å². The normalized spacial score (nSPS) is 25.0. The van der Waals surface area contributed by atoms with Crippen LogP contribution < -0.4 is 0 Å². The van der Waals surface area contributed by atoms with Crippen LogP contribution in [0.1, 0.15) is 0 Å². The minimum Gasteiger partial charge on any atom is -0.398 e. The maximum absolute atomic E-state index is 5.37. The Morgan fingerprint density at radius 1 is 0.667 bits per heavy atom. The van der Waals surface area contributed by atoms with E-state index in [1.807, 2.05) is 0 Å². The molecule has 0 aromatic carbocycles. The average Bonchev–Trinajstić information content (AvgIpc) is 2.07. The molecule has 0 aromatic heterocycles. The second-order valence-corrected chi connectivity index (χ2v) is 11.1. The van der Waals surface area contributed by atoms with E-state index in [1.54, 1.807) is 28.4 Å². The van der Waals surface area contributed by atoms with Gasteiger partial charge in [-0.3, -0.25) is 0 Å². The summed E-state index contributed by atoms with van der Waals surface area (Å²) in [6.07, 6.45) is 0. The molecule has 0 saturated carbocycles. The lowest BCUT2D eigenvalue weighted by atomic mass is 11.7. The van der Waals surface area contributed by atoms with Crippen LogP contribution in [-0.4, -0.2) is 45.6 Å². The summed E-state index contributed by atoms with van der Waals surface area (Å²) >= 11 is 0. The van der Waals surface area contributed by atoms with Gasteiger partial charge in [0.1, 0.15) is 0 Å². The molecule has 1 aliphatic heterocycles. The third-order valence-corrected chi connectivity index (χ3v) is 14.2. The minimum absolute atomic E-state index is 0.889. The van der Waals surface area contributed by atoms with Crippen molar-refractivity contribution >= 4 is 17.1 Å². The highest BCUT2D eigenvalue weighted by atomic mass is 28.5. The molecule has 0 N–H and O–H groups in total. The molecule has 6 heteroatoms. The van der Waals surface area contributed by atoms with E-state index in [0.29, 0.717) is 0 Å². The molecule has 1 rings (SSSR count). The van der Waals surface area contributed by atoms with Crippen LogP contribution in [0.3, 0.4) is 0 Å². The zero-order chi connectivity index (χ0) is 9.24. The fourth-order valence-electron chi connectivity index (χ4n) is 1.51. The third kappa shape index (κ3) is 1.50. The lowest BCUT2D eigenvalue weighted by Crippen LogP contribution is -2.67. The lowest BCUT2D eigenvalue weighted by Gasteiger charge is -2.46.